The fraction of sp³-hybridized carbons (Fsp3) is 0.571. The zero-order valence-corrected chi connectivity index (χ0v) is 12.0. The second-order valence-corrected chi connectivity index (χ2v) is 5.40. The smallest absolute Gasteiger partial charge is 0.0760 e. The number of aliphatic hydroxyl groups is 1. The van der Waals surface area contributed by atoms with Crippen molar-refractivity contribution in [3.05, 3.63) is 34.9 Å². The molecule has 3 N–H and O–H groups in total. The lowest BCUT2D eigenvalue weighted by Crippen LogP contribution is -2.34. The minimum Gasteiger partial charge on any atom is -0.391 e. The predicted octanol–water partition coefficient (Wildman–Crippen LogP) is 3.70. The normalized spacial score (nSPS) is 19.9. The van der Waals surface area contributed by atoms with Crippen molar-refractivity contribution in [3.63, 3.8) is 0 Å². The molecule has 0 aromatic heterocycles. The third-order valence-corrected chi connectivity index (χ3v) is 4.01. The number of hydrogen-bond donors (Lipinski definition) is 2. The number of aliphatic hydroxyl groups excluding tert-OH is 1. The first-order chi connectivity index (χ1) is 8.18. The van der Waals surface area contributed by atoms with E-state index in [0.717, 1.165) is 18.4 Å². The van der Waals surface area contributed by atoms with E-state index < -0.39 is 6.10 Å². The van der Waals surface area contributed by atoms with Gasteiger partial charge in [0.1, 0.15) is 0 Å². The highest BCUT2D eigenvalue weighted by Gasteiger charge is 2.27. The van der Waals surface area contributed by atoms with Crippen molar-refractivity contribution in [3.8, 4) is 0 Å². The molecule has 0 amide bonds. The lowest BCUT2D eigenvalue weighted by atomic mass is 9.81. The Bertz CT molecular complexity index is 349. The Labute approximate surface area is 120 Å². The molecule has 2 rings (SSSR count). The Morgan fingerprint density at radius 3 is 2.22 bits per heavy atom. The Balaban J connectivity index is 0.00000162. The van der Waals surface area contributed by atoms with Gasteiger partial charge in [0, 0.05) is 5.02 Å². The summed E-state index contributed by atoms with van der Waals surface area (Å²) in [7, 11) is 0. The van der Waals surface area contributed by atoms with Crippen LogP contribution in [0.25, 0.3) is 0 Å². The number of halogens is 2. The third kappa shape index (κ3) is 3.86. The van der Waals surface area contributed by atoms with E-state index in [9.17, 15) is 5.11 Å². The van der Waals surface area contributed by atoms with Crippen LogP contribution in [-0.4, -0.2) is 11.2 Å². The highest BCUT2D eigenvalue weighted by Crippen LogP contribution is 2.31. The van der Waals surface area contributed by atoms with Crippen LogP contribution < -0.4 is 5.73 Å². The molecule has 1 saturated carbocycles. The summed E-state index contributed by atoms with van der Waals surface area (Å²) in [4.78, 5) is 0. The lowest BCUT2D eigenvalue weighted by molar-refractivity contribution is 0.0618. The Hall–Kier alpha value is -0.280. The first kappa shape index (κ1) is 15.8. The molecule has 1 fully saturated rings. The van der Waals surface area contributed by atoms with Gasteiger partial charge >= 0.3 is 0 Å². The monoisotopic (exact) mass is 289 g/mol. The summed E-state index contributed by atoms with van der Waals surface area (Å²) in [6.07, 6.45) is 5.49. The second-order valence-electron chi connectivity index (χ2n) is 4.97. The van der Waals surface area contributed by atoms with Crippen LogP contribution in [0, 0.1) is 5.92 Å². The number of benzene rings is 1. The molecule has 2 nitrogen and oxygen atoms in total. The average Bonchev–Trinajstić information content (AvgIpc) is 2.39. The van der Waals surface area contributed by atoms with Gasteiger partial charge in [0.05, 0.1) is 12.1 Å². The summed E-state index contributed by atoms with van der Waals surface area (Å²) in [5.74, 6) is 0.356. The molecule has 4 heteroatoms. The van der Waals surface area contributed by atoms with Crippen LogP contribution in [-0.2, 0) is 0 Å². The molecule has 0 radical (unpaired) electrons. The van der Waals surface area contributed by atoms with Gasteiger partial charge in [0.25, 0.3) is 0 Å². The summed E-state index contributed by atoms with van der Waals surface area (Å²) in [6, 6.07) is 7.16. The van der Waals surface area contributed by atoms with Crippen LogP contribution >= 0.6 is 24.0 Å². The van der Waals surface area contributed by atoms with Crippen molar-refractivity contribution in [1.82, 2.24) is 0 Å². The molecule has 1 aliphatic rings. The first-order valence-electron chi connectivity index (χ1n) is 6.37. The van der Waals surface area contributed by atoms with Crippen molar-refractivity contribution < 1.29 is 5.11 Å². The van der Waals surface area contributed by atoms with Gasteiger partial charge in [-0.25, -0.2) is 0 Å². The van der Waals surface area contributed by atoms with Crippen LogP contribution in [0.15, 0.2) is 24.3 Å². The van der Waals surface area contributed by atoms with E-state index in [0.29, 0.717) is 10.9 Å². The van der Waals surface area contributed by atoms with Crippen molar-refractivity contribution in [2.75, 3.05) is 0 Å². The standard InChI is InChI=1S/C14H20ClNO.ClH/c15-12-8-6-10(7-9-12)13(16)14(17)11-4-2-1-3-5-11;/h6-9,11,13-14,17H,1-5,16H2;1H/t13-,14+;/m0./s1. The maximum Gasteiger partial charge on any atom is 0.0760 e. The fourth-order valence-electron chi connectivity index (χ4n) is 2.65. The third-order valence-electron chi connectivity index (χ3n) is 3.76. The topological polar surface area (TPSA) is 46.2 Å². The average molecular weight is 290 g/mol. The largest absolute Gasteiger partial charge is 0.391 e. The van der Waals surface area contributed by atoms with Crippen molar-refractivity contribution in [2.45, 2.75) is 44.2 Å². The van der Waals surface area contributed by atoms with Gasteiger partial charge in [-0.3, -0.25) is 0 Å². The first-order valence-corrected chi connectivity index (χ1v) is 6.75. The van der Waals surface area contributed by atoms with Crippen molar-refractivity contribution in [2.24, 2.45) is 11.7 Å². The van der Waals surface area contributed by atoms with Crippen molar-refractivity contribution in [1.29, 1.82) is 0 Å². The second kappa shape index (κ2) is 7.34. The van der Waals surface area contributed by atoms with Gasteiger partial charge in [-0.1, -0.05) is 43.0 Å². The summed E-state index contributed by atoms with van der Waals surface area (Å²) in [5, 5.41) is 11.0. The molecule has 0 saturated heterocycles. The quantitative estimate of drug-likeness (QED) is 0.891. The van der Waals surface area contributed by atoms with E-state index >= 15 is 0 Å². The zero-order chi connectivity index (χ0) is 12.3. The van der Waals surface area contributed by atoms with Gasteiger partial charge in [-0.2, -0.15) is 0 Å². The summed E-state index contributed by atoms with van der Waals surface area (Å²) in [5.41, 5.74) is 7.09. The molecule has 0 unspecified atom stereocenters. The number of rotatable bonds is 3. The molecule has 0 bridgehead atoms. The van der Waals surface area contributed by atoms with Gasteiger partial charge in [0.2, 0.25) is 0 Å². The highest BCUT2D eigenvalue weighted by molar-refractivity contribution is 6.30. The summed E-state index contributed by atoms with van der Waals surface area (Å²) in [6.45, 7) is 0. The van der Waals surface area contributed by atoms with Gasteiger partial charge in [-0.15, -0.1) is 12.4 Å². The Kier molecular flexibility index (Phi) is 6.44. The lowest BCUT2D eigenvalue weighted by Gasteiger charge is -2.30. The molecule has 0 spiro atoms. The highest BCUT2D eigenvalue weighted by atomic mass is 35.5. The van der Waals surface area contributed by atoms with E-state index in [-0.39, 0.29) is 18.4 Å². The molecule has 0 aliphatic heterocycles. The van der Waals surface area contributed by atoms with Crippen molar-refractivity contribution >= 4 is 24.0 Å². The van der Waals surface area contributed by atoms with E-state index in [1.807, 2.05) is 24.3 Å². The van der Waals surface area contributed by atoms with Crippen LogP contribution in [0.5, 0.6) is 0 Å². The summed E-state index contributed by atoms with van der Waals surface area (Å²) >= 11 is 5.84. The zero-order valence-electron chi connectivity index (χ0n) is 10.4. The molecule has 1 aliphatic carbocycles. The molecular formula is C14H21Cl2NO. The molecule has 2 atom stereocenters. The van der Waals surface area contributed by atoms with Crippen LogP contribution in [0.3, 0.4) is 0 Å². The molecule has 18 heavy (non-hydrogen) atoms. The maximum atomic E-state index is 10.3. The van der Waals surface area contributed by atoms with Crippen LogP contribution in [0.2, 0.25) is 5.02 Å². The molecular weight excluding hydrogens is 269 g/mol. The number of hydrogen-bond acceptors (Lipinski definition) is 2. The number of nitrogens with two attached hydrogens (primary N) is 1. The van der Waals surface area contributed by atoms with Crippen LogP contribution in [0.1, 0.15) is 43.7 Å². The Morgan fingerprint density at radius 2 is 1.67 bits per heavy atom. The SMILES string of the molecule is Cl.N[C@@H](c1ccc(Cl)cc1)[C@H](O)C1CCCCC1. The van der Waals surface area contributed by atoms with E-state index in [4.69, 9.17) is 17.3 Å². The molecule has 102 valence electrons. The van der Waals surface area contributed by atoms with Gasteiger partial charge < -0.3 is 10.8 Å². The predicted molar refractivity (Wildman–Crippen MR) is 78.2 cm³/mol. The van der Waals surface area contributed by atoms with E-state index in [1.165, 1.54) is 19.3 Å². The van der Waals surface area contributed by atoms with E-state index in [2.05, 4.69) is 0 Å². The minimum atomic E-state index is -0.434. The van der Waals surface area contributed by atoms with Gasteiger partial charge in [0.15, 0.2) is 0 Å². The van der Waals surface area contributed by atoms with E-state index in [1.54, 1.807) is 0 Å². The molecule has 0 heterocycles. The summed E-state index contributed by atoms with van der Waals surface area (Å²) < 4.78 is 0. The Morgan fingerprint density at radius 1 is 1.11 bits per heavy atom. The fourth-order valence-corrected chi connectivity index (χ4v) is 2.78. The maximum absolute atomic E-state index is 10.3. The van der Waals surface area contributed by atoms with Crippen LogP contribution in [0.4, 0.5) is 0 Å². The molecule has 1 aromatic carbocycles. The molecule has 1 aromatic rings. The van der Waals surface area contributed by atoms with Gasteiger partial charge in [-0.05, 0) is 36.5 Å². The minimum absolute atomic E-state index is 0.